The molecule has 0 spiro atoms. The molecule has 0 rings (SSSR count). The molecule has 0 amide bonds. The van der Waals surface area contributed by atoms with Crippen molar-refractivity contribution in [2.24, 2.45) is 0 Å². The molecule has 0 aliphatic rings. The maximum Gasteiger partial charge on any atom is 0.381 e. The van der Waals surface area contributed by atoms with Gasteiger partial charge in [-0.3, -0.25) is 4.79 Å². The van der Waals surface area contributed by atoms with Crippen molar-refractivity contribution < 1.29 is 44.7 Å². The normalized spacial score (nSPS) is 13.9. The molecule has 0 fully saturated rings. The molecule has 10 heteroatoms. The Morgan fingerprint density at radius 2 is 1.56 bits per heavy atom. The van der Waals surface area contributed by atoms with Gasteiger partial charge in [0.1, 0.15) is 0 Å². The summed E-state index contributed by atoms with van der Waals surface area (Å²) in [5, 5.41) is 0. The molecule has 0 aromatic carbocycles. The van der Waals surface area contributed by atoms with Gasteiger partial charge in [0.2, 0.25) is 0 Å². The SMILES string of the molecule is CCC(=O)OCC(F)(F)C(F)(F)C(F)(F)C(F)F. The van der Waals surface area contributed by atoms with Crippen LogP contribution >= 0.6 is 0 Å². The zero-order chi connectivity index (χ0) is 14.8. The fourth-order valence-electron chi connectivity index (χ4n) is 0.745. The molecule has 0 radical (unpaired) electrons. The summed E-state index contributed by atoms with van der Waals surface area (Å²) < 4.78 is 102. The first-order valence-electron chi connectivity index (χ1n) is 4.47. The van der Waals surface area contributed by atoms with E-state index in [0.29, 0.717) is 0 Å². The summed E-state index contributed by atoms with van der Waals surface area (Å²) in [5.74, 6) is -19.6. The minimum atomic E-state index is -6.35. The van der Waals surface area contributed by atoms with E-state index in [9.17, 15) is 39.9 Å². The zero-order valence-electron chi connectivity index (χ0n) is 8.83. The quantitative estimate of drug-likeness (QED) is 0.554. The number of esters is 1. The Morgan fingerprint density at radius 3 is 1.89 bits per heavy atom. The van der Waals surface area contributed by atoms with Gasteiger partial charge >= 0.3 is 30.2 Å². The summed E-state index contributed by atoms with van der Waals surface area (Å²) in [5.41, 5.74) is 0. The van der Waals surface area contributed by atoms with Crippen molar-refractivity contribution in [3.05, 3.63) is 0 Å². The Hall–Kier alpha value is -1.09. The summed E-state index contributed by atoms with van der Waals surface area (Å²) in [6, 6.07) is 0. The van der Waals surface area contributed by atoms with Gasteiger partial charge in [-0.05, 0) is 0 Å². The molecular formula is C8H8F8O2. The standard InChI is InChI=1S/C8H8F8O2/c1-2-4(17)18-3-6(11,12)8(15,16)7(13,14)5(9)10/h5H,2-3H2,1H3. The van der Waals surface area contributed by atoms with Crippen LogP contribution in [0.3, 0.4) is 0 Å². The minimum Gasteiger partial charge on any atom is -0.459 e. The van der Waals surface area contributed by atoms with E-state index in [1.807, 2.05) is 0 Å². The van der Waals surface area contributed by atoms with Crippen molar-refractivity contribution in [1.29, 1.82) is 0 Å². The summed E-state index contributed by atoms with van der Waals surface area (Å²) in [6.07, 6.45) is -5.45. The number of hydrogen-bond donors (Lipinski definition) is 0. The topological polar surface area (TPSA) is 26.3 Å². The van der Waals surface area contributed by atoms with Gasteiger partial charge in [0, 0.05) is 6.42 Å². The van der Waals surface area contributed by atoms with E-state index >= 15 is 0 Å². The highest BCUT2D eigenvalue weighted by Crippen LogP contribution is 2.48. The molecule has 0 aromatic heterocycles. The van der Waals surface area contributed by atoms with Crippen LogP contribution in [0.1, 0.15) is 13.3 Å². The van der Waals surface area contributed by atoms with Crippen molar-refractivity contribution in [3.8, 4) is 0 Å². The number of hydrogen-bond acceptors (Lipinski definition) is 2. The molecule has 0 saturated carbocycles. The van der Waals surface area contributed by atoms with Gasteiger partial charge in [0.15, 0.2) is 6.61 Å². The number of carbonyl (C=O) groups is 1. The molecule has 0 aliphatic heterocycles. The van der Waals surface area contributed by atoms with Crippen molar-refractivity contribution in [3.63, 3.8) is 0 Å². The lowest BCUT2D eigenvalue weighted by molar-refractivity contribution is -0.344. The van der Waals surface area contributed by atoms with Crippen LogP contribution in [0.25, 0.3) is 0 Å². The lowest BCUT2D eigenvalue weighted by atomic mass is 10.1. The number of alkyl halides is 8. The minimum absolute atomic E-state index is 0.465. The fraction of sp³-hybridized carbons (Fsp3) is 0.875. The number of ether oxygens (including phenoxy) is 1. The Balaban J connectivity index is 5.02. The van der Waals surface area contributed by atoms with E-state index in [1.54, 1.807) is 0 Å². The van der Waals surface area contributed by atoms with Gasteiger partial charge in [-0.15, -0.1) is 0 Å². The van der Waals surface area contributed by atoms with Crippen molar-refractivity contribution in [2.75, 3.05) is 6.61 Å². The summed E-state index contributed by atoms with van der Waals surface area (Å²) >= 11 is 0. The van der Waals surface area contributed by atoms with Gasteiger partial charge in [0.25, 0.3) is 0 Å². The smallest absolute Gasteiger partial charge is 0.381 e. The van der Waals surface area contributed by atoms with Gasteiger partial charge < -0.3 is 4.74 Å². The number of rotatable bonds is 6. The van der Waals surface area contributed by atoms with Gasteiger partial charge in [0.05, 0.1) is 0 Å². The van der Waals surface area contributed by atoms with Crippen LogP contribution in [0, 0.1) is 0 Å². The molecule has 18 heavy (non-hydrogen) atoms. The highest BCUT2D eigenvalue weighted by Gasteiger charge is 2.75. The van der Waals surface area contributed by atoms with Crippen molar-refractivity contribution >= 4 is 5.97 Å². The molecule has 0 bridgehead atoms. The van der Waals surface area contributed by atoms with E-state index < -0.39 is 43.2 Å². The predicted molar refractivity (Wildman–Crippen MR) is 42.1 cm³/mol. The molecule has 0 atom stereocenters. The highest BCUT2D eigenvalue weighted by molar-refractivity contribution is 5.68. The van der Waals surface area contributed by atoms with Crippen LogP contribution in [0.5, 0.6) is 0 Å². The van der Waals surface area contributed by atoms with Crippen LogP contribution in [-0.2, 0) is 9.53 Å². The van der Waals surface area contributed by atoms with Crippen LogP contribution in [-0.4, -0.2) is 36.8 Å². The molecule has 108 valence electrons. The summed E-state index contributed by atoms with van der Waals surface area (Å²) in [6.45, 7) is -1.28. The maximum absolute atomic E-state index is 12.7. The second kappa shape index (κ2) is 5.27. The monoisotopic (exact) mass is 288 g/mol. The van der Waals surface area contributed by atoms with Crippen LogP contribution in [0.2, 0.25) is 0 Å². The Bertz CT molecular complexity index is 301. The highest BCUT2D eigenvalue weighted by atomic mass is 19.4. The third-order valence-corrected chi connectivity index (χ3v) is 1.86. The molecule has 0 unspecified atom stereocenters. The van der Waals surface area contributed by atoms with Gasteiger partial charge in [-0.25, -0.2) is 8.78 Å². The average Bonchev–Trinajstić information content (AvgIpc) is 2.25. The van der Waals surface area contributed by atoms with E-state index in [-0.39, 0.29) is 0 Å². The fourth-order valence-corrected chi connectivity index (χ4v) is 0.745. The average molecular weight is 288 g/mol. The molecule has 2 nitrogen and oxygen atoms in total. The zero-order valence-corrected chi connectivity index (χ0v) is 8.83. The van der Waals surface area contributed by atoms with Crippen LogP contribution in [0.15, 0.2) is 0 Å². The summed E-state index contributed by atoms with van der Waals surface area (Å²) in [7, 11) is 0. The largest absolute Gasteiger partial charge is 0.459 e. The molecule has 0 N–H and O–H groups in total. The molecule has 0 aromatic rings. The molecular weight excluding hydrogens is 280 g/mol. The predicted octanol–water partition coefficient (Wildman–Crippen LogP) is 3.11. The first-order valence-corrected chi connectivity index (χ1v) is 4.47. The summed E-state index contributed by atoms with van der Waals surface area (Å²) in [4.78, 5) is 10.4. The molecule has 0 heterocycles. The molecule has 0 aliphatic carbocycles. The lowest BCUT2D eigenvalue weighted by Crippen LogP contribution is -2.59. The maximum atomic E-state index is 12.7. The Kier molecular flexibility index (Phi) is 4.95. The van der Waals surface area contributed by atoms with E-state index in [0.717, 1.165) is 6.92 Å². The van der Waals surface area contributed by atoms with E-state index in [4.69, 9.17) is 0 Å². The lowest BCUT2D eigenvalue weighted by Gasteiger charge is -2.31. The van der Waals surface area contributed by atoms with Gasteiger partial charge in [-0.2, -0.15) is 26.3 Å². The second-order valence-electron chi connectivity index (χ2n) is 3.22. The third kappa shape index (κ3) is 3.02. The second-order valence-corrected chi connectivity index (χ2v) is 3.22. The van der Waals surface area contributed by atoms with Crippen LogP contribution < -0.4 is 0 Å². The Labute approximate surface area is 95.9 Å². The first-order chi connectivity index (χ1) is 7.90. The van der Waals surface area contributed by atoms with E-state index in [1.165, 1.54) is 0 Å². The van der Waals surface area contributed by atoms with Crippen molar-refractivity contribution in [1.82, 2.24) is 0 Å². The number of carbonyl (C=O) groups excluding carboxylic acids is 1. The van der Waals surface area contributed by atoms with Crippen LogP contribution in [0.4, 0.5) is 35.1 Å². The number of halogens is 8. The Morgan fingerprint density at radius 1 is 1.11 bits per heavy atom. The first kappa shape index (κ1) is 16.9. The van der Waals surface area contributed by atoms with Crippen molar-refractivity contribution in [2.45, 2.75) is 37.5 Å². The van der Waals surface area contributed by atoms with Gasteiger partial charge in [-0.1, -0.05) is 6.92 Å². The van der Waals surface area contributed by atoms with E-state index in [2.05, 4.69) is 4.74 Å². The third-order valence-electron chi connectivity index (χ3n) is 1.86. The molecule has 0 saturated heterocycles.